The van der Waals surface area contributed by atoms with Gasteiger partial charge in [-0.25, -0.2) is 0 Å². The predicted molar refractivity (Wildman–Crippen MR) is 129 cm³/mol. The van der Waals surface area contributed by atoms with E-state index in [1.165, 1.54) is 0 Å². The molecule has 1 N–H and O–H groups in total. The summed E-state index contributed by atoms with van der Waals surface area (Å²) in [4.78, 5) is 28.7. The first-order valence-corrected chi connectivity index (χ1v) is 11.2. The molecule has 1 atom stereocenters. The number of hydrogen-bond acceptors (Lipinski definition) is 2. The van der Waals surface area contributed by atoms with Crippen LogP contribution in [0.2, 0.25) is 0 Å². The molecule has 3 aromatic carbocycles. The molecule has 0 saturated carbocycles. The van der Waals surface area contributed by atoms with Crippen molar-refractivity contribution in [2.75, 3.05) is 0 Å². The monoisotopic (exact) mass is 428 g/mol. The summed E-state index contributed by atoms with van der Waals surface area (Å²) in [6, 6.07) is 27.0. The van der Waals surface area contributed by atoms with Gasteiger partial charge in [0.2, 0.25) is 11.8 Å². The van der Waals surface area contributed by atoms with Gasteiger partial charge in [0.15, 0.2) is 0 Å². The minimum atomic E-state index is -0.601. The molecular weight excluding hydrogens is 396 g/mol. The Morgan fingerprint density at radius 2 is 1.38 bits per heavy atom. The van der Waals surface area contributed by atoms with E-state index in [2.05, 4.69) is 5.32 Å². The Hall–Kier alpha value is -3.40. The third-order valence-corrected chi connectivity index (χ3v) is 5.50. The lowest BCUT2D eigenvalue weighted by molar-refractivity contribution is -0.141. The van der Waals surface area contributed by atoms with Crippen LogP contribution in [-0.4, -0.2) is 28.8 Å². The van der Waals surface area contributed by atoms with Crippen molar-refractivity contribution in [3.05, 3.63) is 107 Å². The topological polar surface area (TPSA) is 49.4 Å². The van der Waals surface area contributed by atoms with Gasteiger partial charge in [0.05, 0.1) is 6.42 Å². The maximum Gasteiger partial charge on any atom is 0.243 e. The molecule has 0 aliphatic rings. The predicted octanol–water partition coefficient (Wildman–Crippen LogP) is 4.70. The molecule has 0 aliphatic heterocycles. The van der Waals surface area contributed by atoms with E-state index >= 15 is 0 Å². The zero-order chi connectivity index (χ0) is 22.9. The number of nitrogens with one attached hydrogen (secondary N) is 1. The lowest BCUT2D eigenvalue weighted by Crippen LogP contribution is -2.52. The molecule has 0 bridgehead atoms. The van der Waals surface area contributed by atoms with Crippen LogP contribution >= 0.6 is 0 Å². The highest BCUT2D eigenvalue weighted by Gasteiger charge is 2.30. The van der Waals surface area contributed by atoms with Crippen LogP contribution in [0.1, 0.15) is 36.1 Å². The van der Waals surface area contributed by atoms with Crippen LogP contribution < -0.4 is 5.32 Å². The second-order valence-electron chi connectivity index (χ2n) is 8.48. The second kappa shape index (κ2) is 11.3. The van der Waals surface area contributed by atoms with Crippen molar-refractivity contribution in [3.8, 4) is 0 Å². The Morgan fingerprint density at radius 1 is 0.812 bits per heavy atom. The molecule has 0 spiro atoms. The van der Waals surface area contributed by atoms with Gasteiger partial charge in [-0.2, -0.15) is 0 Å². The molecule has 0 aromatic heterocycles. The highest BCUT2D eigenvalue weighted by atomic mass is 16.2. The summed E-state index contributed by atoms with van der Waals surface area (Å²) in [5, 5.41) is 3.03. The van der Waals surface area contributed by atoms with E-state index in [9.17, 15) is 9.59 Å². The standard InChI is InChI=1S/C28H32N2O2/c1-21(2)29-28(32)26(18-23-13-6-4-7-14-23)30(20-25-17-11-10-12-22(25)3)27(31)19-24-15-8-5-9-16-24/h4-17,21,26H,18-20H2,1-3H3,(H,29,32)/t26-/m0/s1. The molecule has 0 unspecified atom stereocenters. The van der Waals surface area contributed by atoms with Gasteiger partial charge in [-0.3, -0.25) is 9.59 Å². The van der Waals surface area contributed by atoms with Gasteiger partial charge in [-0.1, -0.05) is 84.9 Å². The number of carbonyl (C=O) groups is 2. The van der Waals surface area contributed by atoms with Gasteiger partial charge < -0.3 is 10.2 Å². The first kappa shape index (κ1) is 23.3. The molecule has 166 valence electrons. The Bertz CT molecular complexity index is 1020. The summed E-state index contributed by atoms with van der Waals surface area (Å²) in [6.45, 7) is 6.31. The first-order chi connectivity index (χ1) is 15.4. The molecule has 0 fully saturated rings. The van der Waals surface area contributed by atoms with Crippen molar-refractivity contribution in [1.82, 2.24) is 10.2 Å². The van der Waals surface area contributed by atoms with Crippen LogP contribution in [0.5, 0.6) is 0 Å². The SMILES string of the molecule is Cc1ccccc1CN(C(=O)Cc1ccccc1)[C@@H](Cc1ccccc1)C(=O)NC(C)C. The molecule has 2 amide bonds. The summed E-state index contributed by atoms with van der Waals surface area (Å²) < 4.78 is 0. The zero-order valence-electron chi connectivity index (χ0n) is 19.1. The van der Waals surface area contributed by atoms with Crippen molar-refractivity contribution < 1.29 is 9.59 Å². The zero-order valence-corrected chi connectivity index (χ0v) is 19.1. The summed E-state index contributed by atoms with van der Waals surface area (Å²) in [6.07, 6.45) is 0.721. The highest BCUT2D eigenvalue weighted by molar-refractivity contribution is 5.89. The minimum absolute atomic E-state index is 0.00897. The summed E-state index contributed by atoms with van der Waals surface area (Å²) in [5.74, 6) is -0.182. The third-order valence-electron chi connectivity index (χ3n) is 5.50. The average Bonchev–Trinajstić information content (AvgIpc) is 2.78. The number of rotatable bonds is 9. The molecule has 0 aliphatic carbocycles. The maximum atomic E-state index is 13.6. The van der Waals surface area contributed by atoms with E-state index in [0.717, 1.165) is 22.3 Å². The number of aryl methyl sites for hydroxylation is 1. The van der Waals surface area contributed by atoms with Gasteiger partial charge in [0, 0.05) is 19.0 Å². The largest absolute Gasteiger partial charge is 0.352 e. The Labute approximate surface area is 191 Å². The second-order valence-corrected chi connectivity index (χ2v) is 8.48. The fraction of sp³-hybridized carbons (Fsp3) is 0.286. The van der Waals surface area contributed by atoms with Gasteiger partial charge >= 0.3 is 0 Å². The average molecular weight is 429 g/mol. The number of nitrogens with zero attached hydrogens (tertiary/aromatic N) is 1. The molecule has 32 heavy (non-hydrogen) atoms. The summed E-state index contributed by atoms with van der Waals surface area (Å²) in [5.41, 5.74) is 4.12. The van der Waals surface area contributed by atoms with Crippen LogP contribution in [0.4, 0.5) is 0 Å². The number of amides is 2. The molecule has 3 rings (SSSR count). The Morgan fingerprint density at radius 3 is 1.97 bits per heavy atom. The quantitative estimate of drug-likeness (QED) is 0.537. The van der Waals surface area contributed by atoms with Crippen molar-refractivity contribution >= 4 is 11.8 Å². The number of benzene rings is 3. The maximum absolute atomic E-state index is 13.6. The van der Waals surface area contributed by atoms with Crippen LogP contribution in [0.15, 0.2) is 84.9 Å². The Kier molecular flexibility index (Phi) is 8.20. The summed E-state index contributed by atoms with van der Waals surface area (Å²) >= 11 is 0. The lowest BCUT2D eigenvalue weighted by Gasteiger charge is -2.32. The van der Waals surface area contributed by atoms with Gasteiger partial charge in [-0.05, 0) is 43.0 Å². The normalized spacial score (nSPS) is 11.8. The van der Waals surface area contributed by atoms with E-state index in [1.807, 2.05) is 106 Å². The van der Waals surface area contributed by atoms with E-state index in [1.54, 1.807) is 4.90 Å². The van der Waals surface area contributed by atoms with Crippen LogP contribution in [0, 0.1) is 6.92 Å². The molecule has 4 nitrogen and oxygen atoms in total. The Balaban J connectivity index is 1.97. The fourth-order valence-corrected chi connectivity index (χ4v) is 3.78. The summed E-state index contributed by atoms with van der Waals surface area (Å²) in [7, 11) is 0. The molecule has 0 radical (unpaired) electrons. The third kappa shape index (κ3) is 6.55. The van der Waals surface area contributed by atoms with E-state index < -0.39 is 6.04 Å². The van der Waals surface area contributed by atoms with Gasteiger partial charge in [0.25, 0.3) is 0 Å². The number of hydrogen-bond donors (Lipinski definition) is 1. The van der Waals surface area contributed by atoms with Crippen molar-refractivity contribution in [1.29, 1.82) is 0 Å². The fourth-order valence-electron chi connectivity index (χ4n) is 3.78. The molecule has 4 heteroatoms. The minimum Gasteiger partial charge on any atom is -0.352 e. The van der Waals surface area contributed by atoms with Gasteiger partial charge in [-0.15, -0.1) is 0 Å². The molecule has 0 heterocycles. The van der Waals surface area contributed by atoms with Crippen molar-refractivity contribution in [2.45, 2.75) is 52.2 Å². The van der Waals surface area contributed by atoms with Crippen molar-refractivity contribution in [2.24, 2.45) is 0 Å². The van der Waals surface area contributed by atoms with Crippen molar-refractivity contribution in [3.63, 3.8) is 0 Å². The number of carbonyl (C=O) groups excluding carboxylic acids is 2. The molecule has 0 saturated heterocycles. The lowest BCUT2D eigenvalue weighted by atomic mass is 10.00. The van der Waals surface area contributed by atoms with Crippen LogP contribution in [-0.2, 0) is 29.0 Å². The highest BCUT2D eigenvalue weighted by Crippen LogP contribution is 2.18. The van der Waals surface area contributed by atoms with E-state index in [4.69, 9.17) is 0 Å². The van der Waals surface area contributed by atoms with Gasteiger partial charge in [0.1, 0.15) is 6.04 Å². The van der Waals surface area contributed by atoms with Crippen LogP contribution in [0.3, 0.4) is 0 Å². The van der Waals surface area contributed by atoms with E-state index in [-0.39, 0.29) is 24.3 Å². The molecular formula is C28H32N2O2. The smallest absolute Gasteiger partial charge is 0.243 e. The van der Waals surface area contributed by atoms with Crippen LogP contribution in [0.25, 0.3) is 0 Å². The van der Waals surface area contributed by atoms with E-state index in [0.29, 0.717) is 13.0 Å². The molecule has 3 aromatic rings. The first-order valence-electron chi connectivity index (χ1n) is 11.2.